The third kappa shape index (κ3) is 4.18. The van der Waals surface area contributed by atoms with E-state index in [2.05, 4.69) is 34.3 Å². The zero-order chi connectivity index (χ0) is 18.8. The van der Waals surface area contributed by atoms with Crippen LogP contribution in [0.4, 0.5) is 4.79 Å². The molecule has 6 heteroatoms. The van der Waals surface area contributed by atoms with Gasteiger partial charge in [0.2, 0.25) is 0 Å². The average Bonchev–Trinajstić information content (AvgIpc) is 2.89. The first-order valence-corrected chi connectivity index (χ1v) is 9.25. The van der Waals surface area contributed by atoms with E-state index in [0.717, 1.165) is 25.3 Å². The van der Waals surface area contributed by atoms with Gasteiger partial charge in [0.15, 0.2) is 0 Å². The van der Waals surface area contributed by atoms with Crippen molar-refractivity contribution in [3.63, 3.8) is 0 Å². The maximum Gasteiger partial charge on any atom is 0.410 e. The summed E-state index contributed by atoms with van der Waals surface area (Å²) in [6.45, 7) is 12.0. The topological polar surface area (TPSA) is 54.4 Å². The van der Waals surface area contributed by atoms with Gasteiger partial charge in [-0.05, 0) is 33.3 Å². The second kappa shape index (κ2) is 7.27. The highest BCUT2D eigenvalue weighted by atomic mass is 16.6. The van der Waals surface area contributed by atoms with E-state index in [1.807, 2.05) is 33.8 Å². The molecule has 0 unspecified atom stereocenters. The fraction of sp³-hybridized carbons (Fsp3) is 0.600. The Labute approximate surface area is 155 Å². The van der Waals surface area contributed by atoms with Crippen LogP contribution in [-0.4, -0.2) is 60.0 Å². The largest absolute Gasteiger partial charge is 0.444 e. The van der Waals surface area contributed by atoms with Gasteiger partial charge in [-0.3, -0.25) is 4.90 Å². The van der Waals surface area contributed by atoms with Gasteiger partial charge in [0.25, 0.3) is 0 Å². The molecule has 26 heavy (non-hydrogen) atoms. The molecule has 0 bridgehead atoms. The first kappa shape index (κ1) is 18.7. The van der Waals surface area contributed by atoms with Gasteiger partial charge in [-0.2, -0.15) is 0 Å². The second-order valence-electron chi connectivity index (χ2n) is 8.20. The van der Waals surface area contributed by atoms with Gasteiger partial charge in [-0.25, -0.2) is 4.79 Å². The van der Waals surface area contributed by atoms with E-state index in [4.69, 9.17) is 9.57 Å². The maximum atomic E-state index is 12.3. The van der Waals surface area contributed by atoms with Crippen molar-refractivity contribution < 1.29 is 14.4 Å². The highest BCUT2D eigenvalue weighted by Crippen LogP contribution is 2.39. The Morgan fingerprint density at radius 2 is 1.88 bits per heavy atom. The fourth-order valence-corrected chi connectivity index (χ4v) is 3.60. The van der Waals surface area contributed by atoms with Crippen molar-refractivity contribution in [2.24, 2.45) is 10.6 Å². The molecule has 0 radical (unpaired) electrons. The van der Waals surface area contributed by atoms with Crippen LogP contribution >= 0.6 is 0 Å². The van der Waals surface area contributed by atoms with E-state index in [1.165, 1.54) is 5.56 Å². The molecule has 3 rings (SSSR count). The molecule has 0 saturated carbocycles. The molecule has 1 aromatic rings. The predicted molar refractivity (Wildman–Crippen MR) is 101 cm³/mol. The zero-order valence-electron chi connectivity index (χ0n) is 16.2. The molecule has 6 nitrogen and oxygen atoms in total. The van der Waals surface area contributed by atoms with Crippen LogP contribution in [0.5, 0.6) is 0 Å². The summed E-state index contributed by atoms with van der Waals surface area (Å²) in [5.41, 5.74) is 1.73. The van der Waals surface area contributed by atoms with Gasteiger partial charge >= 0.3 is 6.09 Å². The highest BCUT2D eigenvalue weighted by Gasteiger charge is 2.55. The van der Waals surface area contributed by atoms with E-state index in [-0.39, 0.29) is 11.5 Å². The molecule has 2 fully saturated rings. The third-order valence-corrected chi connectivity index (χ3v) is 4.70. The molecule has 0 aliphatic carbocycles. The summed E-state index contributed by atoms with van der Waals surface area (Å²) in [7, 11) is 0. The summed E-state index contributed by atoms with van der Waals surface area (Å²) in [6.07, 6.45) is -0.250. The number of oxime groups is 1. The van der Waals surface area contributed by atoms with Crippen LogP contribution in [0.1, 0.15) is 33.3 Å². The number of carbonyl (C=O) groups is 1. The standard InChI is InChI=1S/C20H29N3O3/c1-5-25-21-17-12-22(11-16-9-7-6-8-10-16)13-20(17)14-23(15-20)18(24)26-19(2,3)4/h6-10H,5,11-15H2,1-4H3. The van der Waals surface area contributed by atoms with Crippen molar-refractivity contribution in [3.05, 3.63) is 35.9 Å². The van der Waals surface area contributed by atoms with Crippen molar-refractivity contribution in [1.82, 2.24) is 9.80 Å². The summed E-state index contributed by atoms with van der Waals surface area (Å²) in [6, 6.07) is 10.4. The number of nitrogens with zero attached hydrogens (tertiary/aromatic N) is 3. The van der Waals surface area contributed by atoms with Crippen LogP contribution in [0.3, 0.4) is 0 Å². The molecule has 2 saturated heterocycles. The number of hydrogen-bond donors (Lipinski definition) is 0. The Morgan fingerprint density at radius 3 is 2.50 bits per heavy atom. The van der Waals surface area contributed by atoms with Crippen molar-refractivity contribution in [2.75, 3.05) is 32.8 Å². The fourth-order valence-electron chi connectivity index (χ4n) is 3.60. The summed E-state index contributed by atoms with van der Waals surface area (Å²) in [5, 5.41) is 4.37. The van der Waals surface area contributed by atoms with Crippen molar-refractivity contribution >= 4 is 11.8 Å². The summed E-state index contributed by atoms with van der Waals surface area (Å²) >= 11 is 0. The van der Waals surface area contributed by atoms with E-state index >= 15 is 0 Å². The Morgan fingerprint density at radius 1 is 1.19 bits per heavy atom. The summed E-state index contributed by atoms with van der Waals surface area (Å²) in [4.78, 5) is 21.8. The van der Waals surface area contributed by atoms with Gasteiger partial charge in [-0.1, -0.05) is 35.5 Å². The second-order valence-corrected chi connectivity index (χ2v) is 8.20. The molecule has 0 N–H and O–H groups in total. The Balaban J connectivity index is 1.66. The van der Waals surface area contributed by atoms with E-state index in [1.54, 1.807) is 4.90 Å². The molecule has 1 spiro atoms. The van der Waals surface area contributed by atoms with Gasteiger partial charge in [0.1, 0.15) is 12.2 Å². The van der Waals surface area contributed by atoms with Crippen LogP contribution in [0.25, 0.3) is 0 Å². The first-order chi connectivity index (χ1) is 12.3. The lowest BCUT2D eigenvalue weighted by molar-refractivity contribution is -0.0155. The van der Waals surface area contributed by atoms with Crippen molar-refractivity contribution in [1.29, 1.82) is 0 Å². The van der Waals surface area contributed by atoms with Gasteiger partial charge in [0.05, 0.1) is 11.1 Å². The Hall–Kier alpha value is -2.08. The quantitative estimate of drug-likeness (QED) is 0.775. The Bertz CT molecular complexity index is 661. The number of carbonyl (C=O) groups excluding carboxylic acids is 1. The molecular formula is C20H29N3O3. The van der Waals surface area contributed by atoms with Gasteiger partial charge in [0, 0.05) is 32.7 Å². The first-order valence-electron chi connectivity index (χ1n) is 9.25. The van der Waals surface area contributed by atoms with E-state index < -0.39 is 5.60 Å². The van der Waals surface area contributed by atoms with Crippen molar-refractivity contribution in [3.8, 4) is 0 Å². The Kier molecular flexibility index (Phi) is 5.23. The predicted octanol–water partition coefficient (Wildman–Crippen LogP) is 3.13. The molecule has 2 aliphatic rings. The minimum atomic E-state index is -0.475. The average molecular weight is 359 g/mol. The highest BCUT2D eigenvalue weighted by molar-refractivity contribution is 5.96. The number of benzene rings is 1. The lowest BCUT2D eigenvalue weighted by atomic mass is 9.78. The lowest BCUT2D eigenvalue weighted by Gasteiger charge is -2.47. The number of likely N-dealkylation sites (tertiary alicyclic amines) is 2. The zero-order valence-corrected chi connectivity index (χ0v) is 16.2. The van der Waals surface area contributed by atoms with Crippen LogP contribution in [-0.2, 0) is 16.1 Å². The van der Waals surface area contributed by atoms with E-state index in [9.17, 15) is 4.79 Å². The third-order valence-electron chi connectivity index (χ3n) is 4.70. The van der Waals surface area contributed by atoms with Crippen LogP contribution in [0, 0.1) is 5.41 Å². The number of hydrogen-bond acceptors (Lipinski definition) is 5. The normalized spacial score (nSPS) is 21.1. The molecule has 2 heterocycles. The van der Waals surface area contributed by atoms with Crippen LogP contribution in [0.15, 0.2) is 35.5 Å². The molecule has 1 aromatic carbocycles. The van der Waals surface area contributed by atoms with Gasteiger partial charge in [-0.15, -0.1) is 0 Å². The monoisotopic (exact) mass is 359 g/mol. The number of amides is 1. The summed E-state index contributed by atoms with van der Waals surface area (Å²) < 4.78 is 5.49. The minimum Gasteiger partial charge on any atom is -0.444 e. The lowest BCUT2D eigenvalue weighted by Crippen LogP contribution is -2.63. The maximum absolute atomic E-state index is 12.3. The molecule has 142 valence electrons. The molecule has 2 aliphatic heterocycles. The summed E-state index contributed by atoms with van der Waals surface area (Å²) in [5.74, 6) is 0. The smallest absolute Gasteiger partial charge is 0.410 e. The SMILES string of the molecule is CCON=C1CN(Cc2ccccc2)CC12CN(C(=O)OC(C)(C)C)C2. The molecule has 0 atom stereocenters. The molecule has 1 amide bonds. The minimum absolute atomic E-state index is 0.110. The van der Waals surface area contributed by atoms with Crippen LogP contribution < -0.4 is 0 Å². The number of rotatable bonds is 4. The van der Waals surface area contributed by atoms with Crippen LogP contribution in [0.2, 0.25) is 0 Å². The van der Waals surface area contributed by atoms with E-state index in [0.29, 0.717) is 19.7 Å². The van der Waals surface area contributed by atoms with Gasteiger partial charge < -0.3 is 14.5 Å². The molecule has 0 aromatic heterocycles. The van der Waals surface area contributed by atoms with Crippen molar-refractivity contribution in [2.45, 2.75) is 39.8 Å². The number of ether oxygens (including phenoxy) is 1. The molecular weight excluding hydrogens is 330 g/mol.